The number of hydrogen-bond acceptors (Lipinski definition) is 7. The minimum absolute atomic E-state index is 0.0531. The maximum absolute atomic E-state index is 12.8. The number of carbonyl (C=O) groups is 5. The van der Waals surface area contributed by atoms with Gasteiger partial charge in [-0.3, -0.25) is 28.9 Å². The molecule has 13 heteroatoms. The quantitative estimate of drug-likeness (QED) is 0.468. The number of piperazine rings is 1. The number of likely N-dealkylation sites (tertiary alicyclic amines) is 1. The molecule has 2 heterocycles. The Labute approximate surface area is 197 Å². The Morgan fingerprint density at radius 1 is 0.941 bits per heavy atom. The molecule has 12 nitrogen and oxygen atoms in total. The Morgan fingerprint density at radius 2 is 1.47 bits per heavy atom. The van der Waals surface area contributed by atoms with Crippen molar-refractivity contribution in [3.8, 4) is 0 Å². The number of nitrogens with zero attached hydrogens (tertiary/aromatic N) is 3. The van der Waals surface area contributed by atoms with Crippen LogP contribution < -0.4 is 10.0 Å². The summed E-state index contributed by atoms with van der Waals surface area (Å²) in [6, 6.07) is 4.50. The predicted molar refractivity (Wildman–Crippen MR) is 120 cm³/mol. The Morgan fingerprint density at radius 3 is 2.00 bits per heavy atom. The van der Waals surface area contributed by atoms with Crippen LogP contribution in [-0.4, -0.2) is 91.4 Å². The lowest BCUT2D eigenvalue weighted by molar-refractivity contribution is -0.147. The van der Waals surface area contributed by atoms with Crippen LogP contribution in [0.4, 0.5) is 5.69 Å². The van der Waals surface area contributed by atoms with Gasteiger partial charge in [0.15, 0.2) is 0 Å². The summed E-state index contributed by atoms with van der Waals surface area (Å²) in [7, 11) is -3.98. The molecule has 1 aromatic rings. The molecule has 0 aliphatic carbocycles. The maximum atomic E-state index is 12.8. The van der Waals surface area contributed by atoms with Crippen molar-refractivity contribution < 1.29 is 32.4 Å². The fourth-order valence-corrected chi connectivity index (χ4v) is 4.95. The number of nitrogens with one attached hydrogen (secondary N) is 2. The standard InChI is InChI=1S/C21H27N5O7S/c1-14(23-34(32,33)17-5-3-16(4-6-17)22-15(2)27)21(31)25-11-9-24(10-12-25)20(30)13-26-18(28)7-8-19(26)29/h3-6,14,23H,7-13H2,1-2H3,(H,22,27)/t14-/m0/s1. The first-order valence-electron chi connectivity index (χ1n) is 10.8. The topological polar surface area (TPSA) is 153 Å². The lowest BCUT2D eigenvalue weighted by atomic mass is 10.2. The van der Waals surface area contributed by atoms with Gasteiger partial charge in [0.2, 0.25) is 39.6 Å². The van der Waals surface area contributed by atoms with Crippen LogP contribution in [0, 0.1) is 0 Å². The fraction of sp³-hybridized carbons (Fsp3) is 0.476. The highest BCUT2D eigenvalue weighted by Crippen LogP contribution is 2.16. The van der Waals surface area contributed by atoms with E-state index in [1.165, 1.54) is 47.9 Å². The van der Waals surface area contributed by atoms with Gasteiger partial charge in [-0.25, -0.2) is 8.42 Å². The molecule has 0 spiro atoms. The number of amides is 5. The number of anilines is 1. The number of carbonyl (C=O) groups excluding carboxylic acids is 5. The normalized spacial score (nSPS) is 17.6. The zero-order valence-corrected chi connectivity index (χ0v) is 19.8. The summed E-state index contributed by atoms with van der Waals surface area (Å²) in [6.07, 6.45) is 0.225. The van der Waals surface area contributed by atoms with Crippen molar-refractivity contribution >= 4 is 45.2 Å². The number of sulfonamides is 1. The summed E-state index contributed by atoms with van der Waals surface area (Å²) in [5, 5.41) is 2.54. The van der Waals surface area contributed by atoms with Crippen LogP contribution in [-0.2, 0) is 34.0 Å². The molecule has 184 valence electrons. The van der Waals surface area contributed by atoms with Gasteiger partial charge in [0.1, 0.15) is 6.54 Å². The molecule has 3 rings (SSSR count). The van der Waals surface area contributed by atoms with E-state index in [0.717, 1.165) is 4.90 Å². The van der Waals surface area contributed by atoms with E-state index in [9.17, 15) is 32.4 Å². The molecule has 0 radical (unpaired) electrons. The third-order valence-electron chi connectivity index (χ3n) is 5.58. The van der Waals surface area contributed by atoms with Crippen molar-refractivity contribution in [1.29, 1.82) is 0 Å². The summed E-state index contributed by atoms with van der Waals surface area (Å²) in [6.45, 7) is 3.30. The van der Waals surface area contributed by atoms with E-state index in [4.69, 9.17) is 0 Å². The zero-order chi connectivity index (χ0) is 25.0. The van der Waals surface area contributed by atoms with Gasteiger partial charge in [-0.1, -0.05) is 0 Å². The van der Waals surface area contributed by atoms with Crippen molar-refractivity contribution in [2.75, 3.05) is 38.0 Å². The van der Waals surface area contributed by atoms with E-state index in [1.54, 1.807) is 0 Å². The Bertz CT molecular complexity index is 1080. The molecule has 2 fully saturated rings. The monoisotopic (exact) mass is 493 g/mol. The molecular formula is C21H27N5O7S. The van der Waals surface area contributed by atoms with Gasteiger partial charge in [-0.05, 0) is 31.2 Å². The summed E-state index contributed by atoms with van der Waals surface area (Å²) in [5.41, 5.74) is 0.446. The summed E-state index contributed by atoms with van der Waals surface area (Å²) in [5.74, 6) is -1.81. The Kier molecular flexibility index (Phi) is 7.67. The molecule has 2 saturated heterocycles. The van der Waals surface area contributed by atoms with Gasteiger partial charge in [0.25, 0.3) is 0 Å². The van der Waals surface area contributed by atoms with E-state index >= 15 is 0 Å². The SMILES string of the molecule is CC(=O)Nc1ccc(S(=O)(=O)N[C@@H](C)C(=O)N2CCN(C(=O)CN3C(=O)CCC3=O)CC2)cc1. The van der Waals surface area contributed by atoms with E-state index < -0.39 is 22.0 Å². The smallest absolute Gasteiger partial charge is 0.242 e. The van der Waals surface area contributed by atoms with Crippen molar-refractivity contribution in [2.24, 2.45) is 0 Å². The second kappa shape index (κ2) is 10.3. The summed E-state index contributed by atoms with van der Waals surface area (Å²) < 4.78 is 27.6. The molecule has 2 N–H and O–H groups in total. The molecule has 2 aliphatic heterocycles. The first-order chi connectivity index (χ1) is 16.0. The number of imide groups is 1. The highest BCUT2D eigenvalue weighted by molar-refractivity contribution is 7.89. The highest BCUT2D eigenvalue weighted by Gasteiger charge is 2.34. The van der Waals surface area contributed by atoms with Crippen LogP contribution in [0.1, 0.15) is 26.7 Å². The second-order valence-electron chi connectivity index (χ2n) is 8.13. The van der Waals surface area contributed by atoms with Crippen molar-refractivity contribution in [3.05, 3.63) is 24.3 Å². The first kappa shape index (κ1) is 25.3. The van der Waals surface area contributed by atoms with E-state index in [2.05, 4.69) is 10.0 Å². The maximum Gasteiger partial charge on any atom is 0.242 e. The van der Waals surface area contributed by atoms with Crippen molar-refractivity contribution in [2.45, 2.75) is 37.6 Å². The first-order valence-corrected chi connectivity index (χ1v) is 12.3. The van der Waals surface area contributed by atoms with Crippen molar-refractivity contribution in [1.82, 2.24) is 19.4 Å². The minimum atomic E-state index is -3.98. The van der Waals surface area contributed by atoms with Crippen LogP contribution in [0.2, 0.25) is 0 Å². The number of hydrogen-bond donors (Lipinski definition) is 2. The van der Waals surface area contributed by atoms with Crippen LogP contribution in [0.25, 0.3) is 0 Å². The van der Waals surface area contributed by atoms with Gasteiger partial charge in [0, 0.05) is 51.6 Å². The minimum Gasteiger partial charge on any atom is -0.338 e. The molecular weight excluding hydrogens is 466 g/mol. The van der Waals surface area contributed by atoms with Crippen LogP contribution >= 0.6 is 0 Å². The van der Waals surface area contributed by atoms with E-state index in [0.29, 0.717) is 5.69 Å². The summed E-state index contributed by atoms with van der Waals surface area (Å²) in [4.78, 5) is 63.6. The predicted octanol–water partition coefficient (Wildman–Crippen LogP) is -0.868. The molecule has 0 bridgehead atoms. The molecule has 1 atom stereocenters. The second-order valence-corrected chi connectivity index (χ2v) is 9.84. The molecule has 0 saturated carbocycles. The van der Waals surface area contributed by atoms with Crippen molar-refractivity contribution in [3.63, 3.8) is 0 Å². The third kappa shape index (κ3) is 5.97. The fourth-order valence-electron chi connectivity index (χ4n) is 3.76. The third-order valence-corrected chi connectivity index (χ3v) is 7.14. The Balaban J connectivity index is 1.52. The van der Waals surface area contributed by atoms with Gasteiger partial charge in [-0.15, -0.1) is 0 Å². The van der Waals surface area contributed by atoms with Gasteiger partial charge in [-0.2, -0.15) is 4.72 Å². The molecule has 1 aromatic carbocycles. The molecule has 0 aromatic heterocycles. The lowest BCUT2D eigenvalue weighted by Gasteiger charge is -2.36. The lowest BCUT2D eigenvalue weighted by Crippen LogP contribution is -2.56. The number of benzene rings is 1. The molecule has 5 amide bonds. The van der Waals surface area contributed by atoms with Gasteiger partial charge < -0.3 is 15.1 Å². The zero-order valence-electron chi connectivity index (χ0n) is 18.9. The average Bonchev–Trinajstić information content (AvgIpc) is 3.10. The Hall–Kier alpha value is -3.32. The summed E-state index contributed by atoms with van der Waals surface area (Å²) >= 11 is 0. The molecule has 2 aliphatic rings. The molecule has 0 unspecified atom stereocenters. The van der Waals surface area contributed by atoms with Crippen LogP contribution in [0.5, 0.6) is 0 Å². The molecule has 34 heavy (non-hydrogen) atoms. The average molecular weight is 494 g/mol. The number of rotatable bonds is 7. The largest absolute Gasteiger partial charge is 0.338 e. The van der Waals surface area contributed by atoms with Gasteiger partial charge >= 0.3 is 0 Å². The van der Waals surface area contributed by atoms with Crippen LogP contribution in [0.3, 0.4) is 0 Å². The van der Waals surface area contributed by atoms with Crippen LogP contribution in [0.15, 0.2) is 29.2 Å². The highest BCUT2D eigenvalue weighted by atomic mass is 32.2. The van der Waals surface area contributed by atoms with E-state index in [1.807, 2.05) is 0 Å². The van der Waals surface area contributed by atoms with E-state index in [-0.39, 0.29) is 74.1 Å². The van der Waals surface area contributed by atoms with Gasteiger partial charge in [0.05, 0.1) is 10.9 Å².